The van der Waals surface area contributed by atoms with Crippen LogP contribution in [0.5, 0.6) is 0 Å². The zero-order chi connectivity index (χ0) is 9.80. The minimum absolute atomic E-state index is 0.0637. The molecule has 0 saturated carbocycles. The van der Waals surface area contributed by atoms with Crippen molar-refractivity contribution in [2.45, 2.75) is 0 Å². The van der Waals surface area contributed by atoms with E-state index in [9.17, 15) is 4.79 Å². The number of thiophene rings is 1. The molecule has 0 saturated heterocycles. The number of rotatable bonds is 2. The molecule has 2 rings (SSSR count). The average Bonchev–Trinajstić information content (AvgIpc) is 2.72. The predicted octanol–water partition coefficient (Wildman–Crippen LogP) is 2.80. The van der Waals surface area contributed by atoms with Crippen molar-refractivity contribution in [2.75, 3.05) is 5.32 Å². The summed E-state index contributed by atoms with van der Waals surface area (Å²) in [5.41, 5.74) is 0.794. The van der Waals surface area contributed by atoms with Gasteiger partial charge in [0, 0.05) is 5.69 Å². The molecule has 14 heavy (non-hydrogen) atoms. The molecular weight excluding hydrogens is 194 g/mol. The van der Waals surface area contributed by atoms with Crippen LogP contribution in [0.25, 0.3) is 0 Å². The molecule has 2 aromatic rings. The summed E-state index contributed by atoms with van der Waals surface area (Å²) >= 11 is 1.43. The van der Waals surface area contributed by atoms with E-state index in [2.05, 4.69) is 11.4 Å². The Morgan fingerprint density at radius 2 is 2.07 bits per heavy atom. The lowest BCUT2D eigenvalue weighted by Gasteiger charge is -2.01. The van der Waals surface area contributed by atoms with E-state index < -0.39 is 0 Å². The maximum Gasteiger partial charge on any atom is 0.265 e. The van der Waals surface area contributed by atoms with Crippen LogP contribution in [0.15, 0.2) is 41.8 Å². The monoisotopic (exact) mass is 202 g/mol. The van der Waals surface area contributed by atoms with Gasteiger partial charge in [0.1, 0.15) is 0 Å². The number of carbonyl (C=O) groups is 1. The SMILES string of the molecule is O=C(Nc1cc[c]cc1)c1cccs1. The van der Waals surface area contributed by atoms with Gasteiger partial charge in [0.2, 0.25) is 0 Å². The normalized spacial score (nSPS) is 9.71. The van der Waals surface area contributed by atoms with Crippen molar-refractivity contribution in [3.63, 3.8) is 0 Å². The van der Waals surface area contributed by atoms with Crippen molar-refractivity contribution in [3.8, 4) is 0 Å². The number of hydrogen-bond donors (Lipinski definition) is 1. The molecule has 0 bridgehead atoms. The van der Waals surface area contributed by atoms with Crippen molar-refractivity contribution in [1.29, 1.82) is 0 Å². The first-order valence-corrected chi connectivity index (χ1v) is 5.05. The first kappa shape index (κ1) is 8.97. The number of nitrogens with one attached hydrogen (secondary N) is 1. The Kier molecular flexibility index (Phi) is 2.60. The second-order valence-corrected chi connectivity index (χ2v) is 3.67. The van der Waals surface area contributed by atoms with E-state index >= 15 is 0 Å². The molecule has 1 aromatic heterocycles. The summed E-state index contributed by atoms with van der Waals surface area (Å²) in [4.78, 5) is 12.3. The molecule has 2 nitrogen and oxygen atoms in total. The summed E-state index contributed by atoms with van der Waals surface area (Å²) in [7, 11) is 0. The third kappa shape index (κ3) is 2.00. The Balaban J connectivity index is 2.10. The van der Waals surface area contributed by atoms with Gasteiger partial charge in [-0.15, -0.1) is 11.3 Å². The second-order valence-electron chi connectivity index (χ2n) is 2.72. The van der Waals surface area contributed by atoms with Gasteiger partial charge in [-0.05, 0) is 29.6 Å². The summed E-state index contributed by atoms with van der Waals surface area (Å²) in [6.45, 7) is 0. The van der Waals surface area contributed by atoms with Gasteiger partial charge in [0.15, 0.2) is 0 Å². The van der Waals surface area contributed by atoms with Gasteiger partial charge in [-0.1, -0.05) is 18.2 Å². The molecular formula is C11H8NOS. The second kappa shape index (κ2) is 4.07. The molecule has 0 atom stereocenters. The smallest absolute Gasteiger partial charge is 0.265 e. The Morgan fingerprint density at radius 3 is 2.71 bits per heavy atom. The molecule has 0 spiro atoms. The van der Waals surface area contributed by atoms with Crippen LogP contribution < -0.4 is 5.32 Å². The van der Waals surface area contributed by atoms with Gasteiger partial charge in [-0.2, -0.15) is 0 Å². The maximum absolute atomic E-state index is 11.6. The van der Waals surface area contributed by atoms with Crippen molar-refractivity contribution in [1.82, 2.24) is 0 Å². The standard InChI is InChI=1S/C11H8NOS/c13-11(10-7-4-8-14-10)12-9-5-2-1-3-6-9/h2-8H,(H,12,13). The highest BCUT2D eigenvalue weighted by molar-refractivity contribution is 7.12. The number of hydrogen-bond acceptors (Lipinski definition) is 2. The molecule has 1 aromatic carbocycles. The van der Waals surface area contributed by atoms with Crippen molar-refractivity contribution in [2.24, 2.45) is 0 Å². The third-order valence-electron chi connectivity index (χ3n) is 1.72. The Labute approximate surface area is 86.2 Å². The lowest BCUT2D eigenvalue weighted by molar-refractivity contribution is 0.103. The van der Waals surface area contributed by atoms with Gasteiger partial charge in [0.25, 0.3) is 5.91 Å². The zero-order valence-electron chi connectivity index (χ0n) is 7.36. The van der Waals surface area contributed by atoms with E-state index in [1.54, 1.807) is 18.2 Å². The molecule has 0 unspecified atom stereocenters. The van der Waals surface area contributed by atoms with E-state index in [0.29, 0.717) is 0 Å². The fourth-order valence-corrected chi connectivity index (χ4v) is 1.69. The van der Waals surface area contributed by atoms with Crippen molar-refractivity contribution < 1.29 is 4.79 Å². The van der Waals surface area contributed by atoms with Gasteiger partial charge < -0.3 is 5.32 Å². The van der Waals surface area contributed by atoms with Gasteiger partial charge in [-0.25, -0.2) is 0 Å². The van der Waals surface area contributed by atoms with Gasteiger partial charge in [-0.3, -0.25) is 4.79 Å². The Morgan fingerprint density at radius 1 is 1.29 bits per heavy atom. The number of benzene rings is 1. The Bertz CT molecular complexity index is 408. The van der Waals surface area contributed by atoms with Gasteiger partial charge >= 0.3 is 0 Å². The van der Waals surface area contributed by atoms with E-state index in [0.717, 1.165) is 10.6 Å². The molecule has 1 heterocycles. The van der Waals surface area contributed by atoms with Crippen LogP contribution >= 0.6 is 11.3 Å². The van der Waals surface area contributed by atoms with E-state index in [1.807, 2.05) is 23.6 Å². The highest BCUT2D eigenvalue weighted by atomic mass is 32.1. The van der Waals surface area contributed by atoms with Crippen LogP contribution in [0.3, 0.4) is 0 Å². The van der Waals surface area contributed by atoms with Crippen LogP contribution in [0, 0.1) is 6.07 Å². The highest BCUT2D eigenvalue weighted by Gasteiger charge is 2.05. The largest absolute Gasteiger partial charge is 0.321 e. The van der Waals surface area contributed by atoms with Crippen molar-refractivity contribution in [3.05, 3.63) is 52.7 Å². The zero-order valence-corrected chi connectivity index (χ0v) is 8.17. The first-order valence-electron chi connectivity index (χ1n) is 4.17. The summed E-state index contributed by atoms with van der Waals surface area (Å²) < 4.78 is 0. The number of anilines is 1. The lowest BCUT2D eigenvalue weighted by atomic mass is 10.3. The molecule has 0 aliphatic carbocycles. The van der Waals surface area contributed by atoms with Crippen LogP contribution in [0.4, 0.5) is 5.69 Å². The summed E-state index contributed by atoms with van der Waals surface area (Å²) in [5.74, 6) is -0.0637. The predicted molar refractivity (Wildman–Crippen MR) is 57.6 cm³/mol. The van der Waals surface area contributed by atoms with Crippen LogP contribution in [0.1, 0.15) is 9.67 Å². The molecule has 69 valence electrons. The fourth-order valence-electron chi connectivity index (χ4n) is 1.07. The number of carbonyl (C=O) groups excluding carboxylic acids is 1. The minimum Gasteiger partial charge on any atom is -0.321 e. The van der Waals surface area contributed by atoms with Crippen LogP contribution in [-0.4, -0.2) is 5.91 Å². The topological polar surface area (TPSA) is 29.1 Å². The average molecular weight is 202 g/mol. The minimum atomic E-state index is -0.0637. The van der Waals surface area contributed by atoms with Crippen LogP contribution in [0.2, 0.25) is 0 Å². The molecule has 0 aliphatic heterocycles. The van der Waals surface area contributed by atoms with Gasteiger partial charge in [0.05, 0.1) is 4.88 Å². The van der Waals surface area contributed by atoms with Crippen molar-refractivity contribution >= 4 is 22.9 Å². The molecule has 1 amide bonds. The fraction of sp³-hybridized carbons (Fsp3) is 0. The molecule has 1 N–H and O–H groups in total. The number of amides is 1. The molecule has 0 fully saturated rings. The summed E-state index contributed by atoms with van der Waals surface area (Å²) in [6.07, 6.45) is 0. The quantitative estimate of drug-likeness (QED) is 0.797. The summed E-state index contributed by atoms with van der Waals surface area (Å²) in [6, 6.07) is 13.7. The maximum atomic E-state index is 11.6. The molecule has 0 aliphatic rings. The highest BCUT2D eigenvalue weighted by Crippen LogP contribution is 2.12. The first-order chi connectivity index (χ1) is 6.86. The molecule has 1 radical (unpaired) electrons. The lowest BCUT2D eigenvalue weighted by Crippen LogP contribution is -2.09. The van der Waals surface area contributed by atoms with E-state index in [4.69, 9.17) is 0 Å². The Hall–Kier alpha value is -1.61. The summed E-state index contributed by atoms with van der Waals surface area (Å²) in [5, 5.41) is 4.68. The molecule has 3 heteroatoms. The van der Waals surface area contributed by atoms with Crippen LogP contribution in [-0.2, 0) is 0 Å². The van der Waals surface area contributed by atoms with E-state index in [-0.39, 0.29) is 5.91 Å². The third-order valence-corrected chi connectivity index (χ3v) is 2.59. The van der Waals surface area contributed by atoms with E-state index in [1.165, 1.54) is 11.3 Å².